The van der Waals surface area contributed by atoms with Gasteiger partial charge in [0, 0.05) is 24.8 Å². The molecule has 0 aromatic heterocycles. The second-order valence-electron chi connectivity index (χ2n) is 3.35. The minimum absolute atomic E-state index is 0.283. The fourth-order valence-corrected chi connectivity index (χ4v) is 1.01. The Morgan fingerprint density at radius 2 is 2.20 bits per heavy atom. The van der Waals surface area contributed by atoms with Crippen molar-refractivity contribution in [3.8, 4) is 0 Å². The lowest BCUT2D eigenvalue weighted by Gasteiger charge is -2.11. The highest BCUT2D eigenvalue weighted by molar-refractivity contribution is 5.87. The van der Waals surface area contributed by atoms with Crippen LogP contribution in [0.5, 0.6) is 0 Å². The molecular weight excluding hydrogens is 194 g/mol. The second-order valence-corrected chi connectivity index (χ2v) is 3.35. The highest BCUT2D eigenvalue weighted by Crippen LogP contribution is 1.94. The van der Waals surface area contributed by atoms with E-state index in [1.165, 1.54) is 7.11 Å². The highest BCUT2D eigenvalue weighted by Gasteiger charge is 2.03. The molecular formula is C11H21NO3. The Kier molecular flexibility index (Phi) is 7.95. The first-order chi connectivity index (χ1) is 7.11. The van der Waals surface area contributed by atoms with Crippen molar-refractivity contribution in [2.75, 3.05) is 26.9 Å². The van der Waals surface area contributed by atoms with Gasteiger partial charge in [0.25, 0.3) is 0 Å². The van der Waals surface area contributed by atoms with Crippen LogP contribution in [0.4, 0.5) is 0 Å². The predicted octanol–water partition coefficient (Wildman–Crippen LogP) is 1.12. The van der Waals surface area contributed by atoms with Crippen molar-refractivity contribution in [2.24, 2.45) is 0 Å². The molecule has 4 nitrogen and oxygen atoms in total. The molecule has 0 radical (unpaired) electrons. The monoisotopic (exact) mass is 215 g/mol. The van der Waals surface area contributed by atoms with E-state index in [-0.39, 0.29) is 12.0 Å². The van der Waals surface area contributed by atoms with Crippen molar-refractivity contribution in [1.82, 2.24) is 5.32 Å². The number of carbonyl (C=O) groups is 1. The van der Waals surface area contributed by atoms with Crippen LogP contribution in [0.15, 0.2) is 11.6 Å². The Morgan fingerprint density at radius 1 is 1.53 bits per heavy atom. The predicted molar refractivity (Wildman–Crippen MR) is 59.7 cm³/mol. The Bertz CT molecular complexity index is 214. The average molecular weight is 215 g/mol. The molecule has 0 aliphatic heterocycles. The van der Waals surface area contributed by atoms with Gasteiger partial charge in [0.05, 0.1) is 13.7 Å². The van der Waals surface area contributed by atoms with Gasteiger partial charge in [0.1, 0.15) is 0 Å². The van der Waals surface area contributed by atoms with E-state index in [1.807, 2.05) is 19.9 Å². The summed E-state index contributed by atoms with van der Waals surface area (Å²) in [4.78, 5) is 11.0. The molecule has 0 rings (SSSR count). The SMILES string of the molecule is CCOCC(C)NC/C=C(/C)C(=O)OC. The maximum Gasteiger partial charge on any atom is 0.333 e. The number of nitrogens with one attached hydrogen (secondary N) is 1. The van der Waals surface area contributed by atoms with E-state index in [9.17, 15) is 4.79 Å². The first kappa shape index (κ1) is 14.1. The van der Waals surface area contributed by atoms with Crippen molar-refractivity contribution in [3.05, 3.63) is 11.6 Å². The molecule has 0 bridgehead atoms. The fourth-order valence-electron chi connectivity index (χ4n) is 1.01. The Balaban J connectivity index is 3.71. The van der Waals surface area contributed by atoms with Crippen LogP contribution in [0, 0.1) is 0 Å². The third-order valence-electron chi connectivity index (χ3n) is 1.95. The highest BCUT2D eigenvalue weighted by atomic mass is 16.5. The Morgan fingerprint density at radius 3 is 2.73 bits per heavy atom. The summed E-state index contributed by atoms with van der Waals surface area (Å²) in [5, 5.41) is 3.22. The summed E-state index contributed by atoms with van der Waals surface area (Å²) in [6, 6.07) is 0.284. The summed E-state index contributed by atoms with van der Waals surface area (Å²) in [5.74, 6) is -0.283. The van der Waals surface area contributed by atoms with Crippen LogP contribution in [0.25, 0.3) is 0 Å². The second kappa shape index (κ2) is 8.44. The van der Waals surface area contributed by atoms with Gasteiger partial charge >= 0.3 is 5.97 Å². The summed E-state index contributed by atoms with van der Waals surface area (Å²) in [5.41, 5.74) is 0.619. The molecule has 0 aromatic carbocycles. The summed E-state index contributed by atoms with van der Waals surface area (Å²) < 4.78 is 9.82. The summed E-state index contributed by atoms with van der Waals surface area (Å²) >= 11 is 0. The van der Waals surface area contributed by atoms with Crippen LogP contribution in [-0.4, -0.2) is 38.9 Å². The summed E-state index contributed by atoms with van der Waals surface area (Å²) in [6.45, 7) is 7.80. The number of hydrogen-bond acceptors (Lipinski definition) is 4. The zero-order valence-corrected chi connectivity index (χ0v) is 10.0. The molecule has 0 aromatic rings. The van der Waals surface area contributed by atoms with Crippen molar-refractivity contribution in [1.29, 1.82) is 0 Å². The summed E-state index contributed by atoms with van der Waals surface area (Å²) in [7, 11) is 1.38. The van der Waals surface area contributed by atoms with E-state index < -0.39 is 0 Å². The van der Waals surface area contributed by atoms with Crippen LogP contribution in [0.2, 0.25) is 0 Å². The standard InChI is InChI=1S/C11H21NO3/c1-5-15-8-10(3)12-7-6-9(2)11(13)14-4/h6,10,12H,5,7-8H2,1-4H3/b9-6-. The quantitative estimate of drug-likeness (QED) is 0.510. The molecule has 88 valence electrons. The maximum atomic E-state index is 11.0. The molecule has 0 aliphatic carbocycles. The zero-order valence-electron chi connectivity index (χ0n) is 10.0. The van der Waals surface area contributed by atoms with Crippen molar-refractivity contribution in [2.45, 2.75) is 26.8 Å². The van der Waals surface area contributed by atoms with E-state index in [0.29, 0.717) is 18.7 Å². The van der Waals surface area contributed by atoms with Gasteiger partial charge in [-0.3, -0.25) is 0 Å². The van der Waals surface area contributed by atoms with Gasteiger partial charge in [-0.05, 0) is 20.8 Å². The van der Waals surface area contributed by atoms with Crippen LogP contribution in [-0.2, 0) is 14.3 Å². The van der Waals surface area contributed by atoms with E-state index in [4.69, 9.17) is 4.74 Å². The largest absolute Gasteiger partial charge is 0.466 e. The lowest BCUT2D eigenvalue weighted by atomic mass is 10.2. The van der Waals surface area contributed by atoms with Gasteiger partial charge in [-0.15, -0.1) is 0 Å². The molecule has 0 spiro atoms. The number of rotatable bonds is 7. The molecule has 1 atom stereocenters. The van der Waals surface area contributed by atoms with Crippen LogP contribution >= 0.6 is 0 Å². The molecule has 15 heavy (non-hydrogen) atoms. The molecule has 0 heterocycles. The average Bonchev–Trinajstić information content (AvgIpc) is 2.24. The van der Waals surface area contributed by atoms with Crippen molar-refractivity contribution >= 4 is 5.97 Å². The van der Waals surface area contributed by atoms with Crippen LogP contribution in [0.3, 0.4) is 0 Å². The molecule has 0 saturated heterocycles. The molecule has 1 unspecified atom stereocenters. The van der Waals surface area contributed by atoms with E-state index in [0.717, 1.165) is 6.61 Å². The number of carbonyl (C=O) groups excluding carboxylic acids is 1. The first-order valence-electron chi connectivity index (χ1n) is 5.18. The topological polar surface area (TPSA) is 47.6 Å². The van der Waals surface area contributed by atoms with Crippen LogP contribution in [0.1, 0.15) is 20.8 Å². The van der Waals surface area contributed by atoms with Gasteiger partial charge in [-0.25, -0.2) is 4.79 Å². The number of methoxy groups -OCH3 is 1. The van der Waals surface area contributed by atoms with Crippen molar-refractivity contribution < 1.29 is 14.3 Å². The summed E-state index contributed by atoms with van der Waals surface area (Å²) in [6.07, 6.45) is 1.81. The molecule has 0 saturated carbocycles. The molecule has 0 aliphatic rings. The number of hydrogen-bond donors (Lipinski definition) is 1. The molecule has 4 heteroatoms. The van der Waals surface area contributed by atoms with Crippen LogP contribution < -0.4 is 5.32 Å². The zero-order chi connectivity index (χ0) is 11.7. The van der Waals surface area contributed by atoms with Gasteiger partial charge < -0.3 is 14.8 Å². The van der Waals surface area contributed by atoms with E-state index >= 15 is 0 Å². The van der Waals surface area contributed by atoms with Gasteiger partial charge in [0.2, 0.25) is 0 Å². The lowest BCUT2D eigenvalue weighted by molar-refractivity contribution is -0.136. The smallest absolute Gasteiger partial charge is 0.333 e. The van der Waals surface area contributed by atoms with Gasteiger partial charge in [0.15, 0.2) is 0 Å². The fraction of sp³-hybridized carbons (Fsp3) is 0.727. The van der Waals surface area contributed by atoms with Gasteiger partial charge in [-0.2, -0.15) is 0 Å². The Hall–Kier alpha value is -0.870. The number of ether oxygens (including phenoxy) is 2. The lowest BCUT2D eigenvalue weighted by Crippen LogP contribution is -2.30. The maximum absolute atomic E-state index is 11.0. The molecule has 1 N–H and O–H groups in total. The minimum Gasteiger partial charge on any atom is -0.466 e. The van der Waals surface area contributed by atoms with E-state index in [1.54, 1.807) is 6.92 Å². The van der Waals surface area contributed by atoms with E-state index in [2.05, 4.69) is 10.1 Å². The normalized spacial score (nSPS) is 13.7. The third kappa shape index (κ3) is 7.11. The first-order valence-corrected chi connectivity index (χ1v) is 5.18. The molecule has 0 fully saturated rings. The number of esters is 1. The Labute approximate surface area is 91.6 Å². The molecule has 0 amide bonds. The van der Waals surface area contributed by atoms with Gasteiger partial charge in [-0.1, -0.05) is 6.08 Å². The minimum atomic E-state index is -0.283. The van der Waals surface area contributed by atoms with Crippen molar-refractivity contribution in [3.63, 3.8) is 0 Å². The third-order valence-corrected chi connectivity index (χ3v) is 1.95.